The Balaban J connectivity index is 1.49. The summed E-state index contributed by atoms with van der Waals surface area (Å²) in [6, 6.07) is 9.20. The van der Waals surface area contributed by atoms with Gasteiger partial charge in [-0.2, -0.15) is 0 Å². The lowest BCUT2D eigenvalue weighted by atomic mass is 9.90. The molecular formula is C19H21N5O2. The fraction of sp³-hybridized carbons (Fsp3) is 0.316. The van der Waals surface area contributed by atoms with Crippen LogP contribution in [0.25, 0.3) is 11.0 Å². The SMILES string of the molecule is Cc1c[nH]c2ncnc(N3CCC(O)(C(=O)Nc4ccccc4)CC3)c12. The highest BCUT2D eigenvalue weighted by molar-refractivity contribution is 5.97. The predicted molar refractivity (Wildman–Crippen MR) is 100 cm³/mol. The number of fused-ring (bicyclic) bond motifs is 1. The van der Waals surface area contributed by atoms with Crippen LogP contribution in [0.3, 0.4) is 0 Å². The van der Waals surface area contributed by atoms with Crippen molar-refractivity contribution in [2.45, 2.75) is 25.4 Å². The van der Waals surface area contributed by atoms with Gasteiger partial charge in [0.25, 0.3) is 5.91 Å². The molecule has 0 atom stereocenters. The lowest BCUT2D eigenvalue weighted by Gasteiger charge is -2.37. The van der Waals surface area contributed by atoms with Crippen LogP contribution in [0.2, 0.25) is 0 Å². The zero-order valence-corrected chi connectivity index (χ0v) is 14.6. The highest BCUT2D eigenvalue weighted by Crippen LogP contribution is 2.31. The van der Waals surface area contributed by atoms with Crippen LogP contribution in [-0.2, 0) is 4.79 Å². The molecule has 7 heteroatoms. The van der Waals surface area contributed by atoms with Gasteiger partial charge >= 0.3 is 0 Å². The molecule has 1 fully saturated rings. The van der Waals surface area contributed by atoms with E-state index < -0.39 is 5.60 Å². The van der Waals surface area contributed by atoms with Crippen molar-refractivity contribution in [3.05, 3.63) is 48.4 Å². The Morgan fingerprint density at radius 2 is 1.96 bits per heavy atom. The Morgan fingerprint density at radius 1 is 1.23 bits per heavy atom. The van der Waals surface area contributed by atoms with Gasteiger partial charge in [0.1, 0.15) is 23.4 Å². The van der Waals surface area contributed by atoms with E-state index >= 15 is 0 Å². The lowest BCUT2D eigenvalue weighted by Crippen LogP contribution is -2.52. The molecule has 3 heterocycles. The molecule has 3 aromatic rings. The Morgan fingerprint density at radius 3 is 2.69 bits per heavy atom. The van der Waals surface area contributed by atoms with E-state index in [2.05, 4.69) is 25.2 Å². The van der Waals surface area contributed by atoms with Crippen molar-refractivity contribution in [3.8, 4) is 0 Å². The molecule has 7 nitrogen and oxygen atoms in total. The number of aromatic nitrogens is 3. The summed E-state index contributed by atoms with van der Waals surface area (Å²) in [6.07, 6.45) is 4.15. The minimum Gasteiger partial charge on any atom is -0.380 e. The number of hydrogen-bond acceptors (Lipinski definition) is 5. The summed E-state index contributed by atoms with van der Waals surface area (Å²) in [5, 5.41) is 14.6. The molecule has 134 valence electrons. The van der Waals surface area contributed by atoms with E-state index in [0.717, 1.165) is 22.4 Å². The second-order valence-corrected chi connectivity index (χ2v) is 6.73. The highest BCUT2D eigenvalue weighted by Gasteiger charge is 2.40. The Bertz CT molecular complexity index is 930. The van der Waals surface area contributed by atoms with Gasteiger partial charge in [-0.1, -0.05) is 18.2 Å². The van der Waals surface area contributed by atoms with Gasteiger partial charge in [0.2, 0.25) is 0 Å². The number of aromatic amines is 1. The van der Waals surface area contributed by atoms with Crippen LogP contribution in [0.5, 0.6) is 0 Å². The van der Waals surface area contributed by atoms with Gasteiger partial charge < -0.3 is 20.3 Å². The molecule has 0 aliphatic carbocycles. The molecule has 2 aromatic heterocycles. The smallest absolute Gasteiger partial charge is 0.256 e. The van der Waals surface area contributed by atoms with Crippen molar-refractivity contribution in [1.82, 2.24) is 15.0 Å². The molecule has 1 aliphatic rings. The van der Waals surface area contributed by atoms with E-state index in [4.69, 9.17) is 0 Å². The molecule has 26 heavy (non-hydrogen) atoms. The summed E-state index contributed by atoms with van der Waals surface area (Å²) in [5.74, 6) is 0.494. The summed E-state index contributed by atoms with van der Waals surface area (Å²) in [7, 11) is 0. The van der Waals surface area contributed by atoms with Crippen molar-refractivity contribution in [3.63, 3.8) is 0 Å². The van der Waals surface area contributed by atoms with Crippen molar-refractivity contribution in [1.29, 1.82) is 0 Å². The fourth-order valence-electron chi connectivity index (χ4n) is 3.42. The zero-order valence-electron chi connectivity index (χ0n) is 14.6. The highest BCUT2D eigenvalue weighted by atomic mass is 16.3. The summed E-state index contributed by atoms with van der Waals surface area (Å²) in [5.41, 5.74) is 1.20. The number of para-hydroxylation sites is 1. The van der Waals surface area contributed by atoms with Crippen molar-refractivity contribution < 1.29 is 9.90 Å². The third-order valence-electron chi connectivity index (χ3n) is 4.99. The van der Waals surface area contributed by atoms with E-state index in [1.807, 2.05) is 43.5 Å². The normalized spacial score (nSPS) is 16.6. The van der Waals surface area contributed by atoms with E-state index in [0.29, 0.717) is 31.6 Å². The topological polar surface area (TPSA) is 94.1 Å². The van der Waals surface area contributed by atoms with Crippen molar-refractivity contribution in [2.75, 3.05) is 23.3 Å². The van der Waals surface area contributed by atoms with Gasteiger partial charge in [-0.05, 0) is 24.6 Å². The van der Waals surface area contributed by atoms with Gasteiger partial charge in [-0.25, -0.2) is 9.97 Å². The molecule has 0 saturated carbocycles. The van der Waals surface area contributed by atoms with Crippen LogP contribution in [0.15, 0.2) is 42.9 Å². The molecule has 1 saturated heterocycles. The van der Waals surface area contributed by atoms with E-state index in [-0.39, 0.29) is 5.91 Å². The van der Waals surface area contributed by atoms with Crippen LogP contribution < -0.4 is 10.2 Å². The quantitative estimate of drug-likeness (QED) is 0.673. The first-order chi connectivity index (χ1) is 12.6. The third-order valence-corrected chi connectivity index (χ3v) is 4.99. The number of rotatable bonds is 3. The average molecular weight is 351 g/mol. The molecule has 0 bridgehead atoms. The number of nitrogens with one attached hydrogen (secondary N) is 2. The van der Waals surface area contributed by atoms with Gasteiger partial charge in [0, 0.05) is 37.8 Å². The van der Waals surface area contributed by atoms with E-state index in [1.54, 1.807) is 0 Å². The fourth-order valence-corrected chi connectivity index (χ4v) is 3.42. The molecule has 0 radical (unpaired) electrons. The molecule has 4 rings (SSSR count). The summed E-state index contributed by atoms with van der Waals surface area (Å²) < 4.78 is 0. The molecule has 1 aromatic carbocycles. The maximum absolute atomic E-state index is 12.5. The molecule has 0 spiro atoms. The van der Waals surface area contributed by atoms with E-state index in [1.165, 1.54) is 6.33 Å². The van der Waals surface area contributed by atoms with Crippen LogP contribution in [0.1, 0.15) is 18.4 Å². The number of H-pyrrole nitrogens is 1. The third kappa shape index (κ3) is 2.90. The monoisotopic (exact) mass is 351 g/mol. The Hall–Kier alpha value is -2.93. The zero-order chi connectivity index (χ0) is 18.1. The number of piperidine rings is 1. The minimum atomic E-state index is -1.37. The summed E-state index contributed by atoms with van der Waals surface area (Å²) in [6.45, 7) is 3.12. The van der Waals surface area contributed by atoms with Crippen LogP contribution in [-0.4, -0.2) is 44.7 Å². The second-order valence-electron chi connectivity index (χ2n) is 6.73. The molecule has 1 amide bonds. The van der Waals surface area contributed by atoms with Crippen LogP contribution in [0.4, 0.5) is 11.5 Å². The predicted octanol–water partition coefficient (Wildman–Crippen LogP) is 2.24. The number of amides is 1. The second kappa shape index (κ2) is 6.42. The molecular weight excluding hydrogens is 330 g/mol. The van der Waals surface area contributed by atoms with Gasteiger partial charge in [0.05, 0.1) is 5.39 Å². The number of hydrogen-bond donors (Lipinski definition) is 3. The van der Waals surface area contributed by atoms with Crippen molar-refractivity contribution in [2.24, 2.45) is 0 Å². The number of carbonyl (C=O) groups excluding carboxylic acids is 1. The number of nitrogens with zero attached hydrogens (tertiary/aromatic N) is 3. The molecule has 1 aliphatic heterocycles. The number of benzene rings is 1. The maximum atomic E-state index is 12.5. The van der Waals surface area contributed by atoms with Gasteiger partial charge in [-0.15, -0.1) is 0 Å². The molecule has 0 unspecified atom stereocenters. The average Bonchev–Trinajstić information content (AvgIpc) is 3.05. The van der Waals surface area contributed by atoms with E-state index in [9.17, 15) is 9.90 Å². The number of carbonyl (C=O) groups is 1. The number of aliphatic hydroxyl groups is 1. The Labute approximate surface area is 151 Å². The van der Waals surface area contributed by atoms with Crippen LogP contribution >= 0.6 is 0 Å². The standard InChI is InChI=1S/C19H21N5O2/c1-13-11-20-16-15(13)17(22-12-21-16)24-9-7-19(26,8-10-24)18(25)23-14-5-3-2-4-6-14/h2-6,11-12,26H,7-10H2,1H3,(H,23,25)(H,20,21,22). The first-order valence-electron chi connectivity index (χ1n) is 8.69. The first kappa shape index (κ1) is 16.5. The lowest BCUT2D eigenvalue weighted by molar-refractivity contribution is -0.136. The van der Waals surface area contributed by atoms with Crippen LogP contribution in [0, 0.1) is 6.92 Å². The Kier molecular flexibility index (Phi) is 4.08. The van der Waals surface area contributed by atoms with Gasteiger partial charge in [-0.3, -0.25) is 4.79 Å². The summed E-state index contributed by atoms with van der Waals surface area (Å²) >= 11 is 0. The summed E-state index contributed by atoms with van der Waals surface area (Å²) in [4.78, 5) is 26.5. The maximum Gasteiger partial charge on any atom is 0.256 e. The van der Waals surface area contributed by atoms with Gasteiger partial charge in [0.15, 0.2) is 0 Å². The minimum absolute atomic E-state index is 0.348. The molecule has 3 N–H and O–H groups in total. The first-order valence-corrected chi connectivity index (χ1v) is 8.69. The number of anilines is 2. The van der Waals surface area contributed by atoms with Crippen molar-refractivity contribution >= 4 is 28.4 Å². The largest absolute Gasteiger partial charge is 0.380 e. The number of aryl methyl sites for hydroxylation is 1.